The summed E-state index contributed by atoms with van der Waals surface area (Å²) in [4.78, 5) is 10.1. The zero-order chi connectivity index (χ0) is 10.6. The van der Waals surface area contributed by atoms with Gasteiger partial charge in [-0.25, -0.2) is 0 Å². The Balaban J connectivity index is 2.84. The predicted molar refractivity (Wildman–Crippen MR) is 56.7 cm³/mol. The quantitative estimate of drug-likeness (QED) is 0.441. The second-order valence-electron chi connectivity index (χ2n) is 2.60. The third-order valence-electron chi connectivity index (χ3n) is 1.64. The summed E-state index contributed by atoms with van der Waals surface area (Å²) in [5.41, 5.74) is 5.84. The minimum atomic E-state index is -0.434. The highest BCUT2D eigenvalue weighted by molar-refractivity contribution is 7.80. The lowest BCUT2D eigenvalue weighted by molar-refractivity contribution is -0.385. The number of thiocarbonyl (C=S) groups is 1. The number of nitro groups is 1. The summed E-state index contributed by atoms with van der Waals surface area (Å²) in [6.45, 7) is 0.270. The zero-order valence-electron chi connectivity index (χ0n) is 7.27. The van der Waals surface area contributed by atoms with Gasteiger partial charge in [-0.15, -0.1) is 0 Å². The minimum absolute atomic E-state index is 0.0660. The van der Waals surface area contributed by atoms with Crippen LogP contribution in [0.25, 0.3) is 0 Å². The molecular weight excluding hydrogens is 202 g/mol. The Kier molecular flexibility index (Phi) is 3.35. The average molecular weight is 211 g/mol. The molecule has 1 aromatic rings. The third kappa shape index (κ3) is 2.67. The monoisotopic (exact) mass is 211 g/mol. The van der Waals surface area contributed by atoms with Crippen LogP contribution in [0.15, 0.2) is 24.3 Å². The van der Waals surface area contributed by atoms with Gasteiger partial charge in [-0.2, -0.15) is 0 Å². The molecule has 0 unspecified atom stereocenters. The van der Waals surface area contributed by atoms with Crippen LogP contribution in [0.5, 0.6) is 0 Å². The number of nitro benzene ring substituents is 1. The van der Waals surface area contributed by atoms with E-state index in [1.54, 1.807) is 18.2 Å². The van der Waals surface area contributed by atoms with E-state index in [9.17, 15) is 10.1 Å². The van der Waals surface area contributed by atoms with Crippen LogP contribution >= 0.6 is 12.2 Å². The number of hydrogen-bond donors (Lipinski definition) is 2. The molecule has 0 heterocycles. The van der Waals surface area contributed by atoms with Gasteiger partial charge in [0.2, 0.25) is 0 Å². The molecule has 0 radical (unpaired) electrons. The summed E-state index contributed by atoms with van der Waals surface area (Å²) >= 11 is 4.60. The highest BCUT2D eigenvalue weighted by Gasteiger charge is 2.11. The summed E-state index contributed by atoms with van der Waals surface area (Å²) in [5.74, 6) is 0. The van der Waals surface area contributed by atoms with Crippen LogP contribution in [-0.4, -0.2) is 10.0 Å². The Labute approximate surface area is 86.1 Å². The van der Waals surface area contributed by atoms with E-state index in [-0.39, 0.29) is 17.3 Å². The number of rotatable bonds is 3. The maximum Gasteiger partial charge on any atom is 0.274 e. The molecule has 0 bridgehead atoms. The molecular formula is C8H9N3O2S. The summed E-state index contributed by atoms with van der Waals surface area (Å²) in [6, 6.07) is 6.44. The Morgan fingerprint density at radius 2 is 2.21 bits per heavy atom. The molecule has 14 heavy (non-hydrogen) atoms. The Morgan fingerprint density at radius 1 is 1.57 bits per heavy atom. The summed E-state index contributed by atoms with van der Waals surface area (Å²) in [5, 5.41) is 13.4. The van der Waals surface area contributed by atoms with Gasteiger partial charge < -0.3 is 11.1 Å². The minimum Gasteiger partial charge on any atom is -0.376 e. The maximum atomic E-state index is 10.6. The topological polar surface area (TPSA) is 81.2 Å². The first-order valence-electron chi connectivity index (χ1n) is 3.87. The lowest BCUT2D eigenvalue weighted by atomic mass is 10.2. The number of para-hydroxylation sites is 1. The van der Waals surface area contributed by atoms with Crippen LogP contribution in [0.2, 0.25) is 0 Å². The molecule has 0 aliphatic carbocycles. The molecule has 6 heteroatoms. The summed E-state index contributed by atoms with van der Waals surface area (Å²) in [6.07, 6.45) is 0. The van der Waals surface area contributed by atoms with Crippen molar-refractivity contribution in [3.63, 3.8) is 0 Å². The maximum absolute atomic E-state index is 10.6. The van der Waals surface area contributed by atoms with E-state index in [0.29, 0.717) is 5.56 Å². The Hall–Kier alpha value is -1.69. The fraction of sp³-hybridized carbons (Fsp3) is 0.125. The molecule has 74 valence electrons. The molecule has 0 aromatic heterocycles. The van der Waals surface area contributed by atoms with Crippen LogP contribution in [0, 0.1) is 10.1 Å². The smallest absolute Gasteiger partial charge is 0.274 e. The molecule has 0 aliphatic heterocycles. The third-order valence-corrected chi connectivity index (χ3v) is 1.79. The summed E-state index contributed by atoms with van der Waals surface area (Å²) in [7, 11) is 0. The zero-order valence-corrected chi connectivity index (χ0v) is 8.08. The molecule has 0 aliphatic rings. The number of hydrogen-bond acceptors (Lipinski definition) is 3. The van der Waals surface area contributed by atoms with Crippen molar-refractivity contribution in [3.8, 4) is 0 Å². The standard InChI is InChI=1S/C8H9N3O2S/c9-8(14)10-5-6-3-1-2-4-7(6)11(12)13/h1-4H,5H2,(H3,9,10,14). The fourth-order valence-corrected chi connectivity index (χ4v) is 1.09. The SMILES string of the molecule is NC(=S)NCc1ccccc1[N+](=O)[O-]. The van der Waals surface area contributed by atoms with Crippen molar-refractivity contribution in [1.82, 2.24) is 5.32 Å². The van der Waals surface area contributed by atoms with Gasteiger partial charge in [0.25, 0.3) is 5.69 Å². The lowest BCUT2D eigenvalue weighted by Gasteiger charge is -2.03. The van der Waals surface area contributed by atoms with Crippen molar-refractivity contribution in [1.29, 1.82) is 0 Å². The van der Waals surface area contributed by atoms with Crippen molar-refractivity contribution < 1.29 is 4.92 Å². The van der Waals surface area contributed by atoms with E-state index in [2.05, 4.69) is 17.5 Å². The van der Waals surface area contributed by atoms with Gasteiger partial charge in [0.1, 0.15) is 0 Å². The van der Waals surface area contributed by atoms with Crippen LogP contribution in [0.3, 0.4) is 0 Å². The first-order chi connectivity index (χ1) is 6.61. The highest BCUT2D eigenvalue weighted by Crippen LogP contribution is 2.16. The van der Waals surface area contributed by atoms with Gasteiger partial charge in [0.05, 0.1) is 4.92 Å². The predicted octanol–water partition coefficient (Wildman–Crippen LogP) is 0.928. The largest absolute Gasteiger partial charge is 0.376 e. The van der Waals surface area contributed by atoms with E-state index in [1.807, 2.05) is 0 Å². The van der Waals surface area contributed by atoms with E-state index in [0.717, 1.165) is 0 Å². The fourth-order valence-electron chi connectivity index (χ4n) is 1.02. The van der Waals surface area contributed by atoms with Crippen molar-refractivity contribution in [2.24, 2.45) is 5.73 Å². The molecule has 0 amide bonds. The molecule has 0 spiro atoms. The van der Waals surface area contributed by atoms with E-state index >= 15 is 0 Å². The van der Waals surface area contributed by atoms with Crippen molar-refractivity contribution in [2.45, 2.75) is 6.54 Å². The first kappa shape index (κ1) is 10.4. The molecule has 0 atom stereocenters. The number of nitrogens with one attached hydrogen (secondary N) is 1. The van der Waals surface area contributed by atoms with Gasteiger partial charge >= 0.3 is 0 Å². The van der Waals surface area contributed by atoms with Gasteiger partial charge in [-0.05, 0) is 12.2 Å². The van der Waals surface area contributed by atoms with Crippen LogP contribution in [0.4, 0.5) is 5.69 Å². The number of nitrogens with two attached hydrogens (primary N) is 1. The Morgan fingerprint density at radius 3 is 2.79 bits per heavy atom. The number of nitrogens with zero attached hydrogens (tertiary/aromatic N) is 1. The van der Waals surface area contributed by atoms with E-state index in [1.165, 1.54) is 6.07 Å². The molecule has 5 nitrogen and oxygen atoms in total. The average Bonchev–Trinajstić information content (AvgIpc) is 2.15. The lowest BCUT2D eigenvalue weighted by Crippen LogP contribution is -2.28. The van der Waals surface area contributed by atoms with Crippen molar-refractivity contribution in [2.75, 3.05) is 0 Å². The van der Waals surface area contributed by atoms with Crippen molar-refractivity contribution in [3.05, 3.63) is 39.9 Å². The molecule has 0 saturated heterocycles. The molecule has 0 fully saturated rings. The van der Waals surface area contributed by atoms with E-state index in [4.69, 9.17) is 5.73 Å². The Bertz CT molecular complexity index is 367. The molecule has 1 rings (SSSR count). The second-order valence-corrected chi connectivity index (χ2v) is 3.04. The molecule has 0 saturated carbocycles. The molecule has 3 N–H and O–H groups in total. The van der Waals surface area contributed by atoms with Gasteiger partial charge in [-0.3, -0.25) is 10.1 Å². The van der Waals surface area contributed by atoms with Crippen LogP contribution in [-0.2, 0) is 6.54 Å². The number of benzene rings is 1. The van der Waals surface area contributed by atoms with Gasteiger partial charge in [0, 0.05) is 18.2 Å². The normalized spacial score (nSPS) is 9.43. The van der Waals surface area contributed by atoms with Crippen molar-refractivity contribution >= 4 is 23.0 Å². The first-order valence-corrected chi connectivity index (χ1v) is 4.27. The van der Waals surface area contributed by atoms with Crippen LogP contribution < -0.4 is 11.1 Å². The van der Waals surface area contributed by atoms with Crippen LogP contribution in [0.1, 0.15) is 5.56 Å². The van der Waals surface area contributed by atoms with E-state index < -0.39 is 4.92 Å². The van der Waals surface area contributed by atoms with Gasteiger partial charge in [-0.1, -0.05) is 18.2 Å². The second kappa shape index (κ2) is 4.52. The summed E-state index contributed by atoms with van der Waals surface area (Å²) < 4.78 is 0. The molecule has 1 aromatic carbocycles. The highest BCUT2D eigenvalue weighted by atomic mass is 32.1. The van der Waals surface area contributed by atoms with Gasteiger partial charge in [0.15, 0.2) is 5.11 Å².